The molecule has 1 aliphatic rings. The zero-order valence-corrected chi connectivity index (χ0v) is 20.9. The van der Waals surface area contributed by atoms with Gasteiger partial charge in [-0.1, -0.05) is 46.9 Å². The number of benzene rings is 2. The Morgan fingerprint density at radius 3 is 2.39 bits per heavy atom. The fourth-order valence-corrected chi connectivity index (χ4v) is 5.20. The van der Waals surface area contributed by atoms with E-state index in [0.717, 1.165) is 34.4 Å². The predicted molar refractivity (Wildman–Crippen MR) is 135 cm³/mol. The number of ether oxygens (including phenoxy) is 1. The summed E-state index contributed by atoms with van der Waals surface area (Å²) < 4.78 is 7.63. The Labute approximate surface area is 210 Å². The van der Waals surface area contributed by atoms with E-state index in [2.05, 4.69) is 0 Å². The van der Waals surface area contributed by atoms with Gasteiger partial charge in [-0.2, -0.15) is 0 Å². The number of carbonyl (C=O) groups excluding carboxylic acids is 2. The number of nitrogens with zero attached hydrogens (tertiary/aromatic N) is 2. The van der Waals surface area contributed by atoms with Crippen LogP contribution in [0.5, 0.6) is 5.75 Å². The van der Waals surface area contributed by atoms with Crippen LogP contribution < -0.4 is 4.74 Å². The van der Waals surface area contributed by atoms with Gasteiger partial charge in [0.15, 0.2) is 0 Å². The fraction of sp³-hybridized carbons (Fsp3) is 0.167. The Bertz CT molecular complexity index is 1270. The summed E-state index contributed by atoms with van der Waals surface area (Å²) >= 11 is 19.3. The number of hydrogen-bond donors (Lipinski definition) is 0. The van der Waals surface area contributed by atoms with E-state index in [0.29, 0.717) is 25.7 Å². The molecule has 33 heavy (non-hydrogen) atoms. The molecule has 1 aromatic heterocycles. The summed E-state index contributed by atoms with van der Waals surface area (Å²) in [5.41, 5.74) is 3.51. The largest absolute Gasteiger partial charge is 0.490 e. The minimum atomic E-state index is -0.344. The summed E-state index contributed by atoms with van der Waals surface area (Å²) in [7, 11) is 0. The van der Waals surface area contributed by atoms with Crippen LogP contribution in [-0.2, 0) is 4.79 Å². The number of amides is 2. The maximum atomic E-state index is 12.9. The summed E-state index contributed by atoms with van der Waals surface area (Å²) in [4.78, 5) is 26.9. The number of aromatic nitrogens is 1. The van der Waals surface area contributed by atoms with Crippen LogP contribution in [0.4, 0.5) is 4.79 Å². The Morgan fingerprint density at radius 1 is 1.00 bits per heavy atom. The van der Waals surface area contributed by atoms with Crippen molar-refractivity contribution in [2.45, 2.75) is 13.8 Å². The lowest BCUT2D eigenvalue weighted by molar-refractivity contribution is -0.123. The van der Waals surface area contributed by atoms with Gasteiger partial charge in [0.25, 0.3) is 11.1 Å². The first-order valence-corrected chi connectivity index (χ1v) is 12.0. The first-order valence-electron chi connectivity index (χ1n) is 10.0. The first-order chi connectivity index (χ1) is 15.7. The molecule has 1 saturated heterocycles. The highest BCUT2D eigenvalue weighted by Crippen LogP contribution is 2.34. The van der Waals surface area contributed by atoms with Crippen LogP contribution in [0, 0.1) is 13.8 Å². The fourth-order valence-electron chi connectivity index (χ4n) is 3.64. The number of halogens is 3. The molecular formula is C24H19Cl3N2O3S. The Morgan fingerprint density at radius 2 is 1.70 bits per heavy atom. The van der Waals surface area contributed by atoms with Gasteiger partial charge in [0, 0.05) is 27.1 Å². The lowest BCUT2D eigenvalue weighted by Crippen LogP contribution is -2.32. The number of thioether (sulfide) groups is 1. The third kappa shape index (κ3) is 5.09. The van der Waals surface area contributed by atoms with E-state index in [-0.39, 0.29) is 24.3 Å². The summed E-state index contributed by atoms with van der Waals surface area (Å²) in [6.07, 6.45) is 1.74. The maximum Gasteiger partial charge on any atom is 0.293 e. The van der Waals surface area contributed by atoms with E-state index < -0.39 is 0 Å². The monoisotopic (exact) mass is 520 g/mol. The van der Waals surface area contributed by atoms with Crippen LogP contribution in [0.1, 0.15) is 17.0 Å². The number of imide groups is 1. The molecule has 2 heterocycles. The van der Waals surface area contributed by atoms with Crippen molar-refractivity contribution in [3.05, 3.63) is 85.5 Å². The molecule has 4 rings (SSSR count). The van der Waals surface area contributed by atoms with Gasteiger partial charge in [-0.3, -0.25) is 14.5 Å². The topological polar surface area (TPSA) is 51.5 Å². The van der Waals surface area contributed by atoms with E-state index >= 15 is 0 Å². The zero-order chi connectivity index (χ0) is 23.7. The van der Waals surface area contributed by atoms with Gasteiger partial charge >= 0.3 is 0 Å². The van der Waals surface area contributed by atoms with Crippen molar-refractivity contribution in [1.82, 2.24) is 9.47 Å². The van der Waals surface area contributed by atoms with Gasteiger partial charge in [0.05, 0.1) is 16.5 Å². The van der Waals surface area contributed by atoms with Gasteiger partial charge in [-0.05, 0) is 73.6 Å². The molecule has 0 unspecified atom stereocenters. The van der Waals surface area contributed by atoms with Crippen LogP contribution in [0.15, 0.2) is 53.4 Å². The Kier molecular flexibility index (Phi) is 7.10. The van der Waals surface area contributed by atoms with E-state index in [4.69, 9.17) is 39.5 Å². The van der Waals surface area contributed by atoms with Crippen LogP contribution in [0.2, 0.25) is 15.1 Å². The van der Waals surface area contributed by atoms with E-state index in [1.165, 1.54) is 4.90 Å². The Balaban J connectivity index is 1.52. The predicted octanol–water partition coefficient (Wildman–Crippen LogP) is 7.17. The summed E-state index contributed by atoms with van der Waals surface area (Å²) in [6, 6.07) is 14.3. The first kappa shape index (κ1) is 23.8. The van der Waals surface area contributed by atoms with Crippen LogP contribution >= 0.6 is 46.6 Å². The number of carbonyl (C=O) groups is 2. The highest BCUT2D eigenvalue weighted by Gasteiger charge is 2.35. The third-order valence-electron chi connectivity index (χ3n) is 5.15. The number of para-hydroxylation sites is 1. The molecule has 1 fully saturated rings. The molecule has 2 amide bonds. The van der Waals surface area contributed by atoms with Crippen molar-refractivity contribution in [1.29, 1.82) is 0 Å². The molecule has 0 spiro atoms. The quantitative estimate of drug-likeness (QED) is 0.323. The van der Waals surface area contributed by atoms with E-state index in [9.17, 15) is 9.59 Å². The molecule has 0 N–H and O–H groups in total. The molecule has 3 aromatic rings. The molecule has 170 valence electrons. The molecule has 9 heteroatoms. The summed E-state index contributed by atoms with van der Waals surface area (Å²) in [5.74, 6) is 0.165. The third-order valence-corrected chi connectivity index (χ3v) is 6.80. The molecule has 0 bridgehead atoms. The van der Waals surface area contributed by atoms with Gasteiger partial charge < -0.3 is 9.30 Å². The molecule has 0 atom stereocenters. The van der Waals surface area contributed by atoms with Crippen molar-refractivity contribution in [3.63, 3.8) is 0 Å². The van der Waals surface area contributed by atoms with Crippen molar-refractivity contribution < 1.29 is 14.3 Å². The average Bonchev–Trinajstić information content (AvgIpc) is 3.17. The van der Waals surface area contributed by atoms with Crippen LogP contribution in [0.3, 0.4) is 0 Å². The highest BCUT2D eigenvalue weighted by molar-refractivity contribution is 8.18. The standard InChI is InChI=1S/C24H19Cl3N2O3S/c1-14-9-16(15(2)29(14)19-12-17(25)11-18(26)13-19)10-22-23(30)28(24(31)33-22)7-8-32-21-6-4-3-5-20(21)27/h3-6,9-13H,7-8H2,1-2H3/b22-10-. The van der Waals surface area contributed by atoms with Gasteiger partial charge in [-0.25, -0.2) is 0 Å². The zero-order valence-electron chi connectivity index (χ0n) is 17.8. The smallest absolute Gasteiger partial charge is 0.293 e. The number of aryl methyl sites for hydroxylation is 1. The van der Waals surface area contributed by atoms with Gasteiger partial charge in [0.1, 0.15) is 12.4 Å². The van der Waals surface area contributed by atoms with Crippen molar-refractivity contribution in [3.8, 4) is 11.4 Å². The molecular weight excluding hydrogens is 503 g/mol. The lowest BCUT2D eigenvalue weighted by Gasteiger charge is -2.13. The second kappa shape index (κ2) is 9.85. The number of hydrogen-bond acceptors (Lipinski definition) is 4. The maximum absolute atomic E-state index is 12.9. The van der Waals surface area contributed by atoms with Crippen molar-refractivity contribution >= 4 is 63.8 Å². The molecule has 0 saturated carbocycles. The average molecular weight is 522 g/mol. The number of rotatable bonds is 6. The minimum Gasteiger partial charge on any atom is -0.490 e. The molecule has 0 radical (unpaired) electrons. The lowest BCUT2D eigenvalue weighted by atomic mass is 10.2. The normalized spacial score (nSPS) is 15.1. The van der Waals surface area contributed by atoms with Crippen LogP contribution in [0.25, 0.3) is 11.8 Å². The second-order valence-corrected chi connectivity index (χ2v) is 9.68. The van der Waals surface area contributed by atoms with Crippen molar-refractivity contribution in [2.24, 2.45) is 0 Å². The van der Waals surface area contributed by atoms with Gasteiger partial charge in [-0.15, -0.1) is 0 Å². The minimum absolute atomic E-state index is 0.132. The highest BCUT2D eigenvalue weighted by atomic mass is 35.5. The molecule has 0 aliphatic carbocycles. The molecule has 2 aromatic carbocycles. The van der Waals surface area contributed by atoms with Crippen LogP contribution in [-0.4, -0.2) is 33.8 Å². The summed E-state index contributed by atoms with van der Waals surface area (Å²) in [6.45, 7) is 4.18. The van der Waals surface area contributed by atoms with Crippen molar-refractivity contribution in [2.75, 3.05) is 13.2 Å². The SMILES string of the molecule is Cc1cc(/C=C2\SC(=O)N(CCOc3ccccc3Cl)C2=O)c(C)n1-c1cc(Cl)cc(Cl)c1. The molecule has 1 aliphatic heterocycles. The molecule has 5 nitrogen and oxygen atoms in total. The van der Waals surface area contributed by atoms with E-state index in [1.807, 2.05) is 36.6 Å². The van der Waals surface area contributed by atoms with E-state index in [1.54, 1.807) is 36.4 Å². The second-order valence-electron chi connectivity index (χ2n) is 7.40. The van der Waals surface area contributed by atoms with Gasteiger partial charge in [0.2, 0.25) is 0 Å². The summed E-state index contributed by atoms with van der Waals surface area (Å²) in [5, 5.41) is 1.21. The Hall–Kier alpha value is -2.38.